The molecule has 3 aromatic rings. The third kappa shape index (κ3) is 2.90. The maximum atomic E-state index is 11.9. The molecule has 0 aromatic carbocycles. The molecule has 0 aliphatic carbocycles. The lowest BCUT2D eigenvalue weighted by atomic mass is 10.3. The zero-order valence-electron chi connectivity index (χ0n) is 11.0. The molecule has 0 fully saturated rings. The summed E-state index contributed by atoms with van der Waals surface area (Å²) < 4.78 is 0. The van der Waals surface area contributed by atoms with Gasteiger partial charge in [0.15, 0.2) is 5.82 Å². The molecule has 0 saturated carbocycles. The van der Waals surface area contributed by atoms with E-state index < -0.39 is 5.91 Å². The van der Waals surface area contributed by atoms with E-state index in [1.165, 1.54) is 17.0 Å². The van der Waals surface area contributed by atoms with Gasteiger partial charge in [0.2, 0.25) is 0 Å². The molecule has 106 valence electrons. The fourth-order valence-corrected chi connectivity index (χ4v) is 2.58. The molecule has 3 N–H and O–H groups in total. The molecular weight excluding hydrogens is 290 g/mol. The number of nitrogens with zero attached hydrogens (tertiary/aromatic N) is 2. The van der Waals surface area contributed by atoms with Crippen LogP contribution < -0.4 is 10.9 Å². The number of H-pyrrole nitrogens is 2. The van der Waals surface area contributed by atoms with Gasteiger partial charge in [0.1, 0.15) is 5.69 Å². The molecule has 0 aliphatic heterocycles. The van der Waals surface area contributed by atoms with Gasteiger partial charge >= 0.3 is 0 Å². The second-order valence-corrected chi connectivity index (χ2v) is 5.63. The van der Waals surface area contributed by atoms with Gasteiger partial charge in [-0.25, -0.2) is 5.10 Å². The molecular formula is C13H11N5O2S. The lowest BCUT2D eigenvalue weighted by molar-refractivity contribution is 0.102. The Morgan fingerprint density at radius 3 is 2.71 bits per heavy atom. The molecule has 0 saturated heterocycles. The number of rotatable bonds is 3. The van der Waals surface area contributed by atoms with Crippen LogP contribution in [0.15, 0.2) is 35.1 Å². The molecule has 0 spiro atoms. The molecule has 0 radical (unpaired) electrons. The zero-order chi connectivity index (χ0) is 14.8. The summed E-state index contributed by atoms with van der Waals surface area (Å²) in [6.45, 7) is 2.02. The van der Waals surface area contributed by atoms with Crippen molar-refractivity contribution in [2.45, 2.75) is 6.92 Å². The SMILES string of the molecule is Cc1ccc(-c2cc(NC(=O)c3ccc(=O)[nH]n3)n[nH]2)s1. The van der Waals surface area contributed by atoms with E-state index >= 15 is 0 Å². The van der Waals surface area contributed by atoms with Gasteiger partial charge in [-0.2, -0.15) is 10.2 Å². The predicted octanol–water partition coefficient (Wildman–Crippen LogP) is 1.78. The molecule has 7 nitrogen and oxygen atoms in total. The molecule has 1 amide bonds. The van der Waals surface area contributed by atoms with E-state index in [-0.39, 0.29) is 11.3 Å². The number of aromatic nitrogens is 4. The second-order valence-electron chi connectivity index (χ2n) is 4.34. The summed E-state index contributed by atoms with van der Waals surface area (Å²) in [5.74, 6) is -0.0410. The number of carbonyl (C=O) groups is 1. The zero-order valence-corrected chi connectivity index (χ0v) is 11.8. The van der Waals surface area contributed by atoms with Crippen LogP contribution in [-0.4, -0.2) is 26.3 Å². The predicted molar refractivity (Wildman–Crippen MR) is 79.4 cm³/mol. The van der Waals surface area contributed by atoms with Crippen molar-refractivity contribution in [2.24, 2.45) is 0 Å². The third-order valence-electron chi connectivity index (χ3n) is 2.74. The van der Waals surface area contributed by atoms with E-state index in [1.54, 1.807) is 17.4 Å². The van der Waals surface area contributed by atoms with E-state index in [2.05, 4.69) is 25.7 Å². The average molecular weight is 301 g/mol. The molecule has 3 heterocycles. The van der Waals surface area contributed by atoms with Crippen LogP contribution >= 0.6 is 11.3 Å². The smallest absolute Gasteiger partial charge is 0.277 e. The number of amides is 1. The van der Waals surface area contributed by atoms with E-state index in [0.29, 0.717) is 5.82 Å². The minimum absolute atomic E-state index is 0.117. The standard InChI is InChI=1S/C13H11N5O2S/c1-7-2-4-10(21-7)9-6-11(17-16-9)14-13(20)8-3-5-12(19)18-15-8/h2-6H,1H3,(H,18,19)(H2,14,16,17,20). The van der Waals surface area contributed by atoms with Crippen LogP contribution in [0.5, 0.6) is 0 Å². The molecule has 0 aliphatic rings. The lowest BCUT2D eigenvalue weighted by Crippen LogP contribution is -2.17. The van der Waals surface area contributed by atoms with E-state index in [9.17, 15) is 9.59 Å². The summed E-state index contributed by atoms with van der Waals surface area (Å²) in [7, 11) is 0. The van der Waals surface area contributed by atoms with Crippen molar-refractivity contribution >= 4 is 23.1 Å². The highest BCUT2D eigenvalue weighted by Gasteiger charge is 2.11. The van der Waals surface area contributed by atoms with Crippen molar-refractivity contribution in [3.05, 3.63) is 51.3 Å². The Labute approximate surface area is 123 Å². The Morgan fingerprint density at radius 2 is 2.05 bits per heavy atom. The van der Waals surface area contributed by atoms with Gasteiger partial charge in [0.25, 0.3) is 11.5 Å². The van der Waals surface area contributed by atoms with Crippen LogP contribution in [0, 0.1) is 6.92 Å². The summed E-state index contributed by atoms with van der Waals surface area (Å²) in [5.41, 5.74) is 0.589. The van der Waals surface area contributed by atoms with Gasteiger partial charge in [-0.3, -0.25) is 14.7 Å². The first kappa shape index (κ1) is 13.3. The quantitative estimate of drug-likeness (QED) is 0.686. The van der Waals surface area contributed by atoms with E-state index in [0.717, 1.165) is 10.6 Å². The summed E-state index contributed by atoms with van der Waals surface area (Å²) in [6, 6.07) is 8.34. The Kier molecular flexibility index (Phi) is 3.36. The van der Waals surface area contributed by atoms with E-state index in [1.807, 2.05) is 19.1 Å². The van der Waals surface area contributed by atoms with Crippen LogP contribution in [0.1, 0.15) is 15.4 Å². The summed E-state index contributed by atoms with van der Waals surface area (Å²) >= 11 is 1.64. The van der Waals surface area contributed by atoms with Gasteiger partial charge in [0, 0.05) is 17.0 Å². The first-order valence-electron chi connectivity index (χ1n) is 6.11. The summed E-state index contributed by atoms with van der Waals surface area (Å²) in [5, 5.41) is 15.4. The normalized spacial score (nSPS) is 10.5. The number of hydrogen-bond acceptors (Lipinski definition) is 5. The second kappa shape index (κ2) is 5.33. The van der Waals surface area contributed by atoms with Crippen molar-refractivity contribution in [3.8, 4) is 10.6 Å². The third-order valence-corrected chi connectivity index (χ3v) is 3.77. The van der Waals surface area contributed by atoms with Crippen molar-refractivity contribution in [1.29, 1.82) is 0 Å². The maximum Gasteiger partial charge on any atom is 0.277 e. The summed E-state index contributed by atoms with van der Waals surface area (Å²) in [6.07, 6.45) is 0. The highest BCUT2D eigenvalue weighted by Crippen LogP contribution is 2.27. The van der Waals surface area contributed by atoms with Crippen molar-refractivity contribution in [2.75, 3.05) is 5.32 Å². The van der Waals surface area contributed by atoms with Crippen LogP contribution in [0.25, 0.3) is 10.6 Å². The lowest BCUT2D eigenvalue weighted by Gasteiger charge is -1.99. The number of thiophene rings is 1. The molecule has 3 rings (SSSR count). The van der Waals surface area contributed by atoms with Crippen LogP contribution in [0.3, 0.4) is 0 Å². The monoisotopic (exact) mass is 301 g/mol. The van der Waals surface area contributed by atoms with Gasteiger partial charge in [-0.05, 0) is 25.1 Å². The largest absolute Gasteiger partial charge is 0.304 e. The van der Waals surface area contributed by atoms with Gasteiger partial charge in [-0.15, -0.1) is 11.3 Å². The molecule has 3 aromatic heterocycles. The molecule has 21 heavy (non-hydrogen) atoms. The average Bonchev–Trinajstić information content (AvgIpc) is 3.08. The Balaban J connectivity index is 1.76. The van der Waals surface area contributed by atoms with Gasteiger partial charge in [0.05, 0.1) is 10.6 Å². The van der Waals surface area contributed by atoms with Gasteiger partial charge < -0.3 is 5.32 Å². The highest BCUT2D eigenvalue weighted by atomic mass is 32.1. The van der Waals surface area contributed by atoms with Crippen LogP contribution in [0.4, 0.5) is 5.82 Å². The fourth-order valence-electron chi connectivity index (χ4n) is 1.74. The van der Waals surface area contributed by atoms with Crippen molar-refractivity contribution in [1.82, 2.24) is 20.4 Å². The van der Waals surface area contributed by atoms with E-state index in [4.69, 9.17) is 0 Å². The molecule has 0 bridgehead atoms. The number of anilines is 1. The van der Waals surface area contributed by atoms with Crippen molar-refractivity contribution < 1.29 is 4.79 Å². The minimum atomic E-state index is -0.438. The molecule has 8 heteroatoms. The first-order chi connectivity index (χ1) is 10.1. The Morgan fingerprint density at radius 1 is 1.19 bits per heavy atom. The number of aryl methyl sites for hydroxylation is 1. The van der Waals surface area contributed by atoms with Crippen LogP contribution in [0.2, 0.25) is 0 Å². The number of nitrogens with one attached hydrogen (secondary N) is 3. The number of hydrogen-bond donors (Lipinski definition) is 3. The first-order valence-corrected chi connectivity index (χ1v) is 6.93. The Bertz CT molecular complexity index is 828. The van der Waals surface area contributed by atoms with Crippen molar-refractivity contribution in [3.63, 3.8) is 0 Å². The summed E-state index contributed by atoms with van der Waals surface area (Å²) in [4.78, 5) is 25.1. The number of aromatic amines is 2. The fraction of sp³-hybridized carbons (Fsp3) is 0.0769. The van der Waals surface area contributed by atoms with Crippen LogP contribution in [-0.2, 0) is 0 Å². The Hall–Kier alpha value is -2.74. The number of carbonyl (C=O) groups excluding carboxylic acids is 1. The maximum absolute atomic E-state index is 11.9. The topological polar surface area (TPSA) is 104 Å². The minimum Gasteiger partial charge on any atom is -0.304 e. The molecule has 0 atom stereocenters. The highest BCUT2D eigenvalue weighted by molar-refractivity contribution is 7.15. The molecule has 0 unspecified atom stereocenters. The van der Waals surface area contributed by atoms with Gasteiger partial charge in [-0.1, -0.05) is 0 Å².